The van der Waals surface area contributed by atoms with E-state index >= 15 is 0 Å². The Kier molecular flexibility index (Phi) is 4.75. The molecule has 7 heteroatoms. The summed E-state index contributed by atoms with van der Waals surface area (Å²) in [4.78, 5) is 11.3. The fraction of sp³-hybridized carbons (Fsp3) is 0.889. The molecule has 0 bridgehead atoms. The molecule has 16 heavy (non-hydrogen) atoms. The molecule has 4 N–H and O–H groups in total. The lowest BCUT2D eigenvalue weighted by Crippen LogP contribution is -2.63. The van der Waals surface area contributed by atoms with Gasteiger partial charge in [-0.05, 0) is 12.8 Å². The van der Waals surface area contributed by atoms with Crippen molar-refractivity contribution in [2.75, 3.05) is 6.61 Å². The molecular weight excluding hydrogens is 225 g/mol. The van der Waals surface area contributed by atoms with Gasteiger partial charge in [0.2, 0.25) is 5.91 Å². The van der Waals surface area contributed by atoms with Gasteiger partial charge >= 0.3 is 6.18 Å². The van der Waals surface area contributed by atoms with Gasteiger partial charge in [-0.25, -0.2) is 0 Å². The number of alkyl halides is 3. The van der Waals surface area contributed by atoms with Crippen molar-refractivity contribution >= 4 is 5.91 Å². The molecule has 0 saturated carbocycles. The summed E-state index contributed by atoms with van der Waals surface area (Å²) >= 11 is 0. The molecule has 0 rings (SSSR count). The molecule has 0 fully saturated rings. The Morgan fingerprint density at radius 3 is 2.12 bits per heavy atom. The maximum absolute atomic E-state index is 12.4. The van der Waals surface area contributed by atoms with Crippen molar-refractivity contribution in [3.8, 4) is 0 Å². The Morgan fingerprint density at radius 2 is 1.88 bits per heavy atom. The van der Waals surface area contributed by atoms with Crippen molar-refractivity contribution in [2.24, 2.45) is 11.7 Å². The zero-order valence-corrected chi connectivity index (χ0v) is 9.43. The number of carbonyl (C=O) groups is 1. The summed E-state index contributed by atoms with van der Waals surface area (Å²) in [6.45, 7) is 3.50. The molecule has 0 aromatic heterocycles. The fourth-order valence-electron chi connectivity index (χ4n) is 0.870. The van der Waals surface area contributed by atoms with Crippen molar-refractivity contribution in [1.82, 2.24) is 5.32 Å². The molecule has 0 spiro atoms. The SMILES string of the molecule is CC(C)[C@@H](CO)NC(=O)C(C)(N)C(F)(F)F. The summed E-state index contributed by atoms with van der Waals surface area (Å²) in [6, 6.07) is -0.738. The zero-order valence-electron chi connectivity index (χ0n) is 9.43. The molecule has 1 unspecified atom stereocenters. The van der Waals surface area contributed by atoms with Crippen molar-refractivity contribution in [2.45, 2.75) is 38.5 Å². The normalized spacial score (nSPS) is 18.1. The van der Waals surface area contributed by atoms with E-state index in [2.05, 4.69) is 5.32 Å². The number of hydrogen-bond acceptors (Lipinski definition) is 3. The third kappa shape index (κ3) is 3.34. The molecular formula is C9H17F3N2O2. The second kappa shape index (κ2) is 5.01. The van der Waals surface area contributed by atoms with Gasteiger partial charge in [0, 0.05) is 0 Å². The van der Waals surface area contributed by atoms with Crippen LogP contribution in [0.25, 0.3) is 0 Å². The molecule has 0 aliphatic rings. The minimum atomic E-state index is -4.83. The van der Waals surface area contributed by atoms with E-state index in [1.807, 2.05) is 0 Å². The average Bonchev–Trinajstić information content (AvgIpc) is 2.11. The van der Waals surface area contributed by atoms with Crippen LogP contribution in [0.5, 0.6) is 0 Å². The van der Waals surface area contributed by atoms with E-state index in [0.717, 1.165) is 0 Å². The molecule has 4 nitrogen and oxygen atoms in total. The molecule has 0 radical (unpaired) electrons. The Balaban J connectivity index is 4.70. The first-order valence-electron chi connectivity index (χ1n) is 4.81. The Labute approximate surface area is 92.0 Å². The Bertz CT molecular complexity index is 252. The number of aliphatic hydroxyl groups is 1. The third-order valence-electron chi connectivity index (χ3n) is 2.38. The lowest BCUT2D eigenvalue weighted by atomic mass is 9.99. The van der Waals surface area contributed by atoms with Crippen LogP contribution in [0.3, 0.4) is 0 Å². The molecule has 96 valence electrons. The highest BCUT2D eigenvalue weighted by atomic mass is 19.4. The van der Waals surface area contributed by atoms with Crippen LogP contribution in [-0.4, -0.2) is 35.4 Å². The standard InChI is InChI=1S/C9H17F3N2O2/c1-5(2)6(4-15)14-7(16)8(3,13)9(10,11)12/h5-6,15H,4,13H2,1-3H3,(H,14,16)/t6-,8?/m1/s1. The third-order valence-corrected chi connectivity index (χ3v) is 2.38. The summed E-state index contributed by atoms with van der Waals surface area (Å²) in [5, 5.41) is 11.0. The highest BCUT2D eigenvalue weighted by Gasteiger charge is 2.54. The number of aliphatic hydroxyl groups excluding tert-OH is 1. The number of amides is 1. The maximum Gasteiger partial charge on any atom is 0.415 e. The Hall–Kier alpha value is -0.820. The van der Waals surface area contributed by atoms with E-state index in [1.165, 1.54) is 0 Å². The molecule has 0 aromatic carbocycles. The number of halogens is 3. The first kappa shape index (κ1) is 15.2. The predicted molar refractivity (Wildman–Crippen MR) is 52.5 cm³/mol. The van der Waals surface area contributed by atoms with E-state index in [1.54, 1.807) is 13.8 Å². The molecule has 0 aliphatic carbocycles. The van der Waals surface area contributed by atoms with Crippen molar-refractivity contribution < 1.29 is 23.1 Å². The van der Waals surface area contributed by atoms with Gasteiger partial charge in [0.15, 0.2) is 5.54 Å². The van der Waals surface area contributed by atoms with Crippen LogP contribution in [0.1, 0.15) is 20.8 Å². The second-order valence-corrected chi connectivity index (χ2v) is 4.21. The number of nitrogens with one attached hydrogen (secondary N) is 1. The fourth-order valence-corrected chi connectivity index (χ4v) is 0.870. The van der Waals surface area contributed by atoms with E-state index < -0.39 is 30.3 Å². The highest BCUT2D eigenvalue weighted by molar-refractivity contribution is 5.86. The van der Waals surface area contributed by atoms with Gasteiger partial charge in [0.25, 0.3) is 0 Å². The molecule has 0 aliphatic heterocycles. The summed E-state index contributed by atoms with van der Waals surface area (Å²) < 4.78 is 37.2. The number of rotatable bonds is 4. The van der Waals surface area contributed by atoms with E-state index in [0.29, 0.717) is 6.92 Å². The van der Waals surface area contributed by atoms with Gasteiger partial charge in [-0.1, -0.05) is 13.8 Å². The lowest BCUT2D eigenvalue weighted by Gasteiger charge is -2.29. The first-order chi connectivity index (χ1) is 7.04. The van der Waals surface area contributed by atoms with E-state index in [-0.39, 0.29) is 5.92 Å². The van der Waals surface area contributed by atoms with Crippen LogP contribution in [0, 0.1) is 5.92 Å². The van der Waals surface area contributed by atoms with Gasteiger partial charge in [-0.3, -0.25) is 4.79 Å². The summed E-state index contributed by atoms with van der Waals surface area (Å²) in [5.74, 6) is -1.52. The van der Waals surface area contributed by atoms with Gasteiger partial charge < -0.3 is 16.2 Å². The molecule has 1 amide bonds. The smallest absolute Gasteiger partial charge is 0.394 e. The number of hydrogen-bond donors (Lipinski definition) is 3. The Morgan fingerprint density at radius 1 is 1.44 bits per heavy atom. The monoisotopic (exact) mass is 242 g/mol. The molecule has 0 heterocycles. The van der Waals surface area contributed by atoms with Gasteiger partial charge in [0.1, 0.15) is 0 Å². The molecule has 2 atom stereocenters. The van der Waals surface area contributed by atoms with Crippen molar-refractivity contribution in [1.29, 1.82) is 0 Å². The van der Waals surface area contributed by atoms with E-state index in [9.17, 15) is 18.0 Å². The zero-order chi connectivity index (χ0) is 13.1. The van der Waals surface area contributed by atoms with Crippen LogP contribution in [0.15, 0.2) is 0 Å². The van der Waals surface area contributed by atoms with Crippen LogP contribution < -0.4 is 11.1 Å². The largest absolute Gasteiger partial charge is 0.415 e. The minimum Gasteiger partial charge on any atom is -0.394 e. The number of carbonyl (C=O) groups excluding carboxylic acids is 1. The predicted octanol–water partition coefficient (Wildman–Crippen LogP) is 0.399. The maximum atomic E-state index is 12.4. The average molecular weight is 242 g/mol. The second-order valence-electron chi connectivity index (χ2n) is 4.21. The highest BCUT2D eigenvalue weighted by Crippen LogP contribution is 2.28. The van der Waals surface area contributed by atoms with Gasteiger partial charge in [0.05, 0.1) is 12.6 Å². The van der Waals surface area contributed by atoms with Crippen LogP contribution in [0.2, 0.25) is 0 Å². The topological polar surface area (TPSA) is 75.3 Å². The summed E-state index contributed by atoms with van der Waals surface area (Å²) in [5.41, 5.74) is 1.97. The van der Waals surface area contributed by atoms with Gasteiger partial charge in [-0.15, -0.1) is 0 Å². The van der Waals surface area contributed by atoms with Crippen molar-refractivity contribution in [3.63, 3.8) is 0 Å². The van der Waals surface area contributed by atoms with Crippen LogP contribution in [-0.2, 0) is 4.79 Å². The molecule has 0 aromatic rings. The first-order valence-corrected chi connectivity index (χ1v) is 4.81. The van der Waals surface area contributed by atoms with Crippen LogP contribution in [0.4, 0.5) is 13.2 Å². The van der Waals surface area contributed by atoms with Crippen molar-refractivity contribution in [3.05, 3.63) is 0 Å². The quantitative estimate of drug-likeness (QED) is 0.668. The minimum absolute atomic E-state index is 0.182. The molecule has 0 saturated heterocycles. The lowest BCUT2D eigenvalue weighted by molar-refractivity contribution is -0.188. The van der Waals surface area contributed by atoms with Gasteiger partial charge in [-0.2, -0.15) is 13.2 Å². The van der Waals surface area contributed by atoms with Crippen LogP contribution >= 0.6 is 0 Å². The number of nitrogens with two attached hydrogens (primary N) is 1. The van der Waals surface area contributed by atoms with E-state index in [4.69, 9.17) is 10.8 Å². The summed E-state index contributed by atoms with van der Waals surface area (Å²) in [6.07, 6.45) is -4.83. The summed E-state index contributed by atoms with van der Waals surface area (Å²) in [7, 11) is 0.